The second-order valence-corrected chi connectivity index (χ2v) is 7.85. The molecule has 0 spiro atoms. The van der Waals surface area contributed by atoms with E-state index in [1.807, 2.05) is 16.7 Å². The second-order valence-electron chi connectivity index (χ2n) is 6.22. The average Bonchev–Trinajstić information content (AvgIpc) is 2.59. The fourth-order valence-corrected chi connectivity index (χ4v) is 4.50. The lowest BCUT2D eigenvalue weighted by Crippen LogP contribution is -2.49. The van der Waals surface area contributed by atoms with Gasteiger partial charge in [-0.3, -0.25) is 9.69 Å². The van der Waals surface area contributed by atoms with Crippen LogP contribution in [0.2, 0.25) is 5.02 Å². The fraction of sp³-hybridized carbons (Fsp3) is 0.588. The monoisotopic (exact) mass is 354 g/mol. The standard InChI is InChI=1S/C17H23ClN2O2S/c18-15-11-13(1-2-16(15)21)12-17(22)20-5-3-14(4-6-20)19-7-9-23-10-8-19/h1-2,11,14,21H,3-10,12H2. The van der Waals surface area contributed by atoms with Crippen LogP contribution in [0.15, 0.2) is 18.2 Å². The number of phenols is 1. The van der Waals surface area contributed by atoms with E-state index in [2.05, 4.69) is 4.90 Å². The van der Waals surface area contributed by atoms with E-state index in [0.29, 0.717) is 17.5 Å². The van der Waals surface area contributed by atoms with Crippen molar-refractivity contribution in [2.75, 3.05) is 37.7 Å². The molecule has 2 fully saturated rings. The number of likely N-dealkylation sites (tertiary alicyclic amines) is 1. The predicted molar refractivity (Wildman–Crippen MR) is 95.3 cm³/mol. The largest absolute Gasteiger partial charge is 0.506 e. The number of piperidine rings is 1. The van der Waals surface area contributed by atoms with Crippen LogP contribution in [0, 0.1) is 0 Å². The summed E-state index contributed by atoms with van der Waals surface area (Å²) in [5.74, 6) is 2.68. The summed E-state index contributed by atoms with van der Waals surface area (Å²) in [7, 11) is 0. The molecule has 126 valence electrons. The Hall–Kier alpha value is -0.910. The molecule has 3 rings (SSSR count). The first-order chi connectivity index (χ1) is 11.1. The summed E-state index contributed by atoms with van der Waals surface area (Å²) in [6.07, 6.45) is 2.50. The van der Waals surface area contributed by atoms with Crippen molar-refractivity contribution in [3.05, 3.63) is 28.8 Å². The summed E-state index contributed by atoms with van der Waals surface area (Å²) in [6, 6.07) is 5.62. The smallest absolute Gasteiger partial charge is 0.226 e. The topological polar surface area (TPSA) is 43.8 Å². The van der Waals surface area contributed by atoms with E-state index in [0.717, 1.165) is 31.5 Å². The van der Waals surface area contributed by atoms with Gasteiger partial charge in [0.2, 0.25) is 5.91 Å². The van der Waals surface area contributed by atoms with Crippen LogP contribution in [-0.4, -0.2) is 64.5 Å². The van der Waals surface area contributed by atoms with Crippen molar-refractivity contribution in [1.29, 1.82) is 0 Å². The molecule has 2 aliphatic heterocycles. The first-order valence-electron chi connectivity index (χ1n) is 8.20. The first-order valence-corrected chi connectivity index (χ1v) is 9.74. The van der Waals surface area contributed by atoms with Gasteiger partial charge in [-0.05, 0) is 30.5 Å². The van der Waals surface area contributed by atoms with Gasteiger partial charge in [0, 0.05) is 43.7 Å². The quantitative estimate of drug-likeness (QED) is 0.906. The summed E-state index contributed by atoms with van der Waals surface area (Å²) in [6.45, 7) is 4.07. The van der Waals surface area contributed by atoms with Crippen molar-refractivity contribution in [3.63, 3.8) is 0 Å². The number of hydrogen-bond acceptors (Lipinski definition) is 4. The molecule has 2 heterocycles. The molecule has 0 aromatic heterocycles. The van der Waals surface area contributed by atoms with Gasteiger partial charge < -0.3 is 10.0 Å². The van der Waals surface area contributed by atoms with Crippen molar-refractivity contribution < 1.29 is 9.90 Å². The Kier molecular flexibility index (Phi) is 5.72. The normalized spacial score (nSPS) is 20.7. The number of halogens is 1. The highest BCUT2D eigenvalue weighted by Crippen LogP contribution is 2.25. The molecule has 1 aromatic carbocycles. The lowest BCUT2D eigenvalue weighted by molar-refractivity contribution is -0.132. The van der Waals surface area contributed by atoms with Crippen LogP contribution in [0.5, 0.6) is 5.75 Å². The van der Waals surface area contributed by atoms with Crippen molar-refractivity contribution in [3.8, 4) is 5.75 Å². The summed E-state index contributed by atoms with van der Waals surface area (Å²) in [5, 5.41) is 9.75. The Labute approximate surface area is 146 Å². The van der Waals surface area contributed by atoms with Gasteiger partial charge in [0.15, 0.2) is 0 Å². The minimum atomic E-state index is 0.0587. The highest BCUT2D eigenvalue weighted by Gasteiger charge is 2.27. The molecule has 2 aliphatic rings. The maximum atomic E-state index is 12.5. The van der Waals surface area contributed by atoms with E-state index >= 15 is 0 Å². The highest BCUT2D eigenvalue weighted by molar-refractivity contribution is 7.99. The van der Waals surface area contributed by atoms with Crippen LogP contribution in [-0.2, 0) is 11.2 Å². The lowest BCUT2D eigenvalue weighted by Gasteiger charge is -2.40. The molecule has 1 N–H and O–H groups in total. The van der Waals surface area contributed by atoms with Crippen LogP contribution in [0.3, 0.4) is 0 Å². The van der Waals surface area contributed by atoms with E-state index in [9.17, 15) is 9.90 Å². The molecular formula is C17H23ClN2O2S. The first kappa shape index (κ1) is 16.9. The minimum absolute atomic E-state index is 0.0587. The number of carbonyl (C=O) groups excluding carboxylic acids is 1. The van der Waals surface area contributed by atoms with Gasteiger partial charge in [0.05, 0.1) is 11.4 Å². The minimum Gasteiger partial charge on any atom is -0.506 e. The van der Waals surface area contributed by atoms with Crippen LogP contribution in [0.4, 0.5) is 0 Å². The fourth-order valence-electron chi connectivity index (χ4n) is 3.37. The van der Waals surface area contributed by atoms with Crippen LogP contribution < -0.4 is 0 Å². The van der Waals surface area contributed by atoms with Crippen LogP contribution in [0.1, 0.15) is 18.4 Å². The number of hydrogen-bond donors (Lipinski definition) is 1. The third kappa shape index (κ3) is 4.34. The molecule has 0 atom stereocenters. The zero-order valence-electron chi connectivity index (χ0n) is 13.2. The lowest BCUT2D eigenvalue weighted by atomic mass is 10.0. The Morgan fingerprint density at radius 2 is 1.91 bits per heavy atom. The number of carbonyl (C=O) groups is 1. The number of benzene rings is 1. The van der Waals surface area contributed by atoms with E-state index in [1.54, 1.807) is 18.2 Å². The molecule has 0 bridgehead atoms. The van der Waals surface area contributed by atoms with Gasteiger partial charge in [-0.25, -0.2) is 0 Å². The van der Waals surface area contributed by atoms with Crippen LogP contribution in [0.25, 0.3) is 0 Å². The summed E-state index contributed by atoms with van der Waals surface area (Å²) < 4.78 is 0. The molecule has 4 nitrogen and oxygen atoms in total. The molecule has 1 aromatic rings. The molecule has 0 saturated carbocycles. The van der Waals surface area contributed by atoms with Gasteiger partial charge >= 0.3 is 0 Å². The molecule has 1 amide bonds. The second kappa shape index (κ2) is 7.77. The average molecular weight is 355 g/mol. The van der Waals surface area contributed by atoms with Crippen LogP contribution >= 0.6 is 23.4 Å². The van der Waals surface area contributed by atoms with Gasteiger partial charge in [-0.15, -0.1) is 0 Å². The Morgan fingerprint density at radius 1 is 1.22 bits per heavy atom. The molecule has 23 heavy (non-hydrogen) atoms. The van der Waals surface area contributed by atoms with Crippen molar-refractivity contribution in [2.45, 2.75) is 25.3 Å². The van der Waals surface area contributed by atoms with E-state index in [-0.39, 0.29) is 11.7 Å². The van der Waals surface area contributed by atoms with Gasteiger partial charge in [-0.1, -0.05) is 17.7 Å². The Morgan fingerprint density at radius 3 is 2.57 bits per heavy atom. The predicted octanol–water partition coefficient (Wildman–Crippen LogP) is 2.63. The molecule has 0 aliphatic carbocycles. The maximum Gasteiger partial charge on any atom is 0.226 e. The number of nitrogens with zero attached hydrogens (tertiary/aromatic N) is 2. The van der Waals surface area contributed by atoms with Crippen molar-refractivity contribution in [1.82, 2.24) is 9.80 Å². The molecule has 2 saturated heterocycles. The Bertz CT molecular complexity index is 556. The van der Waals surface area contributed by atoms with E-state index in [4.69, 9.17) is 11.6 Å². The molecular weight excluding hydrogens is 332 g/mol. The Balaban J connectivity index is 1.50. The summed E-state index contributed by atoms with van der Waals surface area (Å²) in [5.41, 5.74) is 0.855. The van der Waals surface area contributed by atoms with Crippen molar-refractivity contribution >= 4 is 29.3 Å². The zero-order valence-corrected chi connectivity index (χ0v) is 14.8. The van der Waals surface area contributed by atoms with Gasteiger partial charge in [-0.2, -0.15) is 11.8 Å². The number of rotatable bonds is 3. The van der Waals surface area contributed by atoms with Crippen molar-refractivity contribution in [2.24, 2.45) is 0 Å². The number of phenolic OH excluding ortho intramolecular Hbond substituents is 1. The zero-order chi connectivity index (χ0) is 16.2. The van der Waals surface area contributed by atoms with Gasteiger partial charge in [0.1, 0.15) is 5.75 Å². The summed E-state index contributed by atoms with van der Waals surface area (Å²) in [4.78, 5) is 17.0. The third-order valence-electron chi connectivity index (χ3n) is 4.75. The molecule has 0 radical (unpaired) electrons. The highest BCUT2D eigenvalue weighted by atomic mass is 35.5. The maximum absolute atomic E-state index is 12.5. The van der Waals surface area contributed by atoms with E-state index < -0.39 is 0 Å². The summed E-state index contributed by atoms with van der Waals surface area (Å²) >= 11 is 7.94. The SMILES string of the molecule is O=C(Cc1ccc(O)c(Cl)c1)N1CCC(N2CCSCC2)CC1. The number of aromatic hydroxyl groups is 1. The number of amides is 1. The molecule has 6 heteroatoms. The number of thioether (sulfide) groups is 1. The third-order valence-corrected chi connectivity index (χ3v) is 5.99. The van der Waals surface area contributed by atoms with E-state index in [1.165, 1.54) is 24.6 Å². The van der Waals surface area contributed by atoms with Gasteiger partial charge in [0.25, 0.3) is 0 Å². The molecule has 0 unspecified atom stereocenters.